The Bertz CT molecular complexity index is 2840. The van der Waals surface area contributed by atoms with Gasteiger partial charge < -0.3 is 9.47 Å². The van der Waals surface area contributed by atoms with Gasteiger partial charge in [-0.25, -0.2) is 0 Å². The Kier molecular flexibility index (Phi) is 6.25. The summed E-state index contributed by atoms with van der Waals surface area (Å²) in [6, 6.07) is 58.6. The molecule has 0 saturated heterocycles. The molecule has 1 heterocycles. The zero-order chi connectivity index (χ0) is 37.6. The van der Waals surface area contributed by atoms with Crippen LogP contribution in [-0.2, 0) is 0 Å². The number of hydrogen-bond acceptors (Lipinski definition) is 1. The van der Waals surface area contributed by atoms with Gasteiger partial charge in [-0.1, -0.05) is 158 Å². The zero-order valence-electron chi connectivity index (χ0n) is 32.1. The second kappa shape index (κ2) is 12.8. The summed E-state index contributed by atoms with van der Waals surface area (Å²) in [5.41, 5.74) is 11.0. The molecule has 50 heavy (non-hydrogen) atoms. The number of aromatic nitrogens is 1. The van der Waals surface area contributed by atoms with Crippen LogP contribution in [0.25, 0.3) is 60.9 Å². The Labute approximate surface area is 299 Å². The molecule has 0 bridgehead atoms. The monoisotopic (exact) mass is 643 g/mol. The van der Waals surface area contributed by atoms with Gasteiger partial charge in [-0.2, -0.15) is 0 Å². The highest BCUT2D eigenvalue weighted by atomic mass is 15.1. The largest absolute Gasteiger partial charge is 0.309 e. The van der Waals surface area contributed by atoms with Crippen LogP contribution in [0, 0.1) is 0 Å². The molecule has 0 aliphatic carbocycles. The summed E-state index contributed by atoms with van der Waals surface area (Å²) in [4.78, 5) is 2.32. The lowest BCUT2D eigenvalue weighted by atomic mass is 9.95. The molecule has 9 aromatic rings. The lowest BCUT2D eigenvalue weighted by molar-refractivity contribution is 1.18. The number of anilines is 3. The van der Waals surface area contributed by atoms with Gasteiger partial charge in [0.2, 0.25) is 0 Å². The Morgan fingerprint density at radius 3 is 1.68 bits per heavy atom. The van der Waals surface area contributed by atoms with E-state index in [1.807, 2.05) is 59.2 Å². The molecule has 0 aliphatic heterocycles. The summed E-state index contributed by atoms with van der Waals surface area (Å²) in [6.45, 7) is 0. The van der Waals surface area contributed by atoms with Crippen LogP contribution in [0.5, 0.6) is 0 Å². The second-order valence-corrected chi connectivity index (χ2v) is 12.2. The molecule has 0 fully saturated rings. The Morgan fingerprint density at radius 2 is 0.940 bits per heavy atom. The first-order chi connectivity index (χ1) is 26.9. The zero-order valence-corrected chi connectivity index (χ0v) is 27.1. The van der Waals surface area contributed by atoms with Crippen LogP contribution in [0.15, 0.2) is 206 Å². The minimum Gasteiger partial charge on any atom is -0.309 e. The minimum absolute atomic E-state index is 0.125. The van der Waals surface area contributed by atoms with E-state index in [0.29, 0.717) is 0 Å². The minimum atomic E-state index is -0.415. The van der Waals surface area contributed by atoms with E-state index in [0.717, 1.165) is 72.2 Å². The third-order valence-corrected chi connectivity index (χ3v) is 9.31. The highest BCUT2D eigenvalue weighted by Gasteiger charge is 2.23. The highest BCUT2D eigenvalue weighted by Crippen LogP contribution is 2.47. The number of fused-ring (bicyclic) bond motifs is 3. The molecule has 9 rings (SSSR count). The quantitative estimate of drug-likeness (QED) is 0.168. The number of nitrogens with zero attached hydrogens (tertiary/aromatic N) is 2. The van der Waals surface area contributed by atoms with Crippen molar-refractivity contribution in [3.05, 3.63) is 206 Å². The van der Waals surface area contributed by atoms with Crippen LogP contribution < -0.4 is 4.90 Å². The maximum Gasteiger partial charge on any atom is 0.0645 e. The molecule has 2 heteroatoms. The van der Waals surface area contributed by atoms with Gasteiger partial charge in [0.05, 0.1) is 29.3 Å². The Morgan fingerprint density at radius 1 is 0.400 bits per heavy atom. The predicted octanol–water partition coefficient (Wildman–Crippen LogP) is 13.3. The fraction of sp³-hybridized carbons (Fsp3) is 0. The van der Waals surface area contributed by atoms with Gasteiger partial charge in [0, 0.05) is 33.3 Å². The molecular formula is C48H34N2. The maximum absolute atomic E-state index is 8.92. The van der Waals surface area contributed by atoms with Crippen molar-refractivity contribution in [3.8, 4) is 39.1 Å². The van der Waals surface area contributed by atoms with Crippen molar-refractivity contribution in [2.24, 2.45) is 0 Å². The lowest BCUT2D eigenvalue weighted by Crippen LogP contribution is -2.12. The molecular weight excluding hydrogens is 605 g/mol. The van der Waals surface area contributed by atoms with Crippen LogP contribution in [0.3, 0.4) is 0 Å². The van der Waals surface area contributed by atoms with Gasteiger partial charge in [-0.15, -0.1) is 0 Å². The van der Waals surface area contributed by atoms with Crippen LogP contribution >= 0.6 is 0 Å². The van der Waals surface area contributed by atoms with Crippen LogP contribution in [0.1, 0.15) is 6.85 Å². The fourth-order valence-corrected chi connectivity index (χ4v) is 7.11. The molecule has 0 atom stereocenters. The van der Waals surface area contributed by atoms with Crippen molar-refractivity contribution in [1.82, 2.24) is 4.57 Å². The van der Waals surface area contributed by atoms with Crippen molar-refractivity contribution in [1.29, 1.82) is 0 Å². The molecule has 0 aliphatic rings. The van der Waals surface area contributed by atoms with Gasteiger partial charge in [-0.3, -0.25) is 0 Å². The van der Waals surface area contributed by atoms with Crippen molar-refractivity contribution in [2.75, 3.05) is 4.90 Å². The number of hydrogen-bond donors (Lipinski definition) is 0. The number of para-hydroxylation sites is 4. The van der Waals surface area contributed by atoms with Crippen molar-refractivity contribution in [3.63, 3.8) is 0 Å². The third kappa shape index (κ3) is 5.15. The average Bonchev–Trinajstić information content (AvgIpc) is 3.58. The first-order valence-corrected chi connectivity index (χ1v) is 16.7. The Balaban J connectivity index is 1.32. The first-order valence-electron chi connectivity index (χ1n) is 19.2. The molecule has 0 spiro atoms. The molecule has 0 saturated carbocycles. The van der Waals surface area contributed by atoms with Gasteiger partial charge in [0.15, 0.2) is 0 Å². The second-order valence-electron chi connectivity index (χ2n) is 12.2. The fourth-order valence-electron chi connectivity index (χ4n) is 7.11. The summed E-state index contributed by atoms with van der Waals surface area (Å²) in [5.74, 6) is 0. The molecule has 0 unspecified atom stereocenters. The van der Waals surface area contributed by atoms with E-state index in [1.54, 1.807) is 0 Å². The smallest absolute Gasteiger partial charge is 0.0645 e. The predicted molar refractivity (Wildman–Crippen MR) is 212 cm³/mol. The lowest BCUT2D eigenvalue weighted by Gasteiger charge is -2.30. The van der Waals surface area contributed by atoms with Crippen molar-refractivity contribution >= 4 is 38.9 Å². The third-order valence-electron chi connectivity index (χ3n) is 9.31. The molecule has 236 valence electrons. The normalized spacial score (nSPS) is 12.6. The van der Waals surface area contributed by atoms with Crippen LogP contribution in [-0.4, -0.2) is 4.57 Å². The SMILES string of the molecule is [2H]c1c([2H])c([2H])c(-n2c3ccccc3c3c(-c4ccccc4N(c4ccc(-c5ccccc5)cc4)c4ccccc4-c4ccccc4)cccc32)c([2H])c1[2H]. The van der Waals surface area contributed by atoms with Gasteiger partial charge >= 0.3 is 0 Å². The van der Waals surface area contributed by atoms with Gasteiger partial charge in [0.1, 0.15) is 0 Å². The molecule has 0 radical (unpaired) electrons. The molecule has 0 N–H and O–H groups in total. The summed E-state index contributed by atoms with van der Waals surface area (Å²) in [6.07, 6.45) is 0. The van der Waals surface area contributed by atoms with Crippen molar-refractivity contribution < 1.29 is 6.85 Å². The average molecular weight is 644 g/mol. The maximum atomic E-state index is 8.92. The Hall–Kier alpha value is -6.64. The summed E-state index contributed by atoms with van der Waals surface area (Å²) in [7, 11) is 0. The number of rotatable bonds is 7. The summed E-state index contributed by atoms with van der Waals surface area (Å²) >= 11 is 0. The standard InChI is InChI=1S/C48H34N2/c1-4-17-35(18-5-1)36-31-33-39(34-32-36)49(44-27-13-10-23-40(44)37-19-6-2-7-20-37)45-28-14-11-24-41(45)42-26-16-30-47-48(42)43-25-12-15-29-46(43)50(47)38-21-8-3-9-22-38/h1-34H/i3D,8D,9D,21D,22D. The van der Waals surface area contributed by atoms with E-state index in [1.165, 1.54) is 0 Å². The van der Waals surface area contributed by atoms with E-state index in [2.05, 4.69) is 126 Å². The molecule has 8 aromatic carbocycles. The van der Waals surface area contributed by atoms with Gasteiger partial charge in [-0.05, 0) is 70.7 Å². The van der Waals surface area contributed by atoms with Crippen LogP contribution in [0.2, 0.25) is 0 Å². The van der Waals surface area contributed by atoms with E-state index in [-0.39, 0.29) is 29.9 Å². The molecule has 2 nitrogen and oxygen atoms in total. The highest BCUT2D eigenvalue weighted by molar-refractivity contribution is 6.17. The van der Waals surface area contributed by atoms with E-state index >= 15 is 0 Å². The van der Waals surface area contributed by atoms with E-state index in [9.17, 15) is 0 Å². The summed E-state index contributed by atoms with van der Waals surface area (Å²) < 4.78 is 44.9. The van der Waals surface area contributed by atoms with Crippen molar-refractivity contribution in [2.45, 2.75) is 0 Å². The van der Waals surface area contributed by atoms with E-state index in [4.69, 9.17) is 6.85 Å². The topological polar surface area (TPSA) is 8.17 Å². The van der Waals surface area contributed by atoms with Crippen LogP contribution in [0.4, 0.5) is 17.1 Å². The van der Waals surface area contributed by atoms with E-state index < -0.39 is 6.04 Å². The number of benzene rings is 8. The first kappa shape index (κ1) is 24.5. The summed E-state index contributed by atoms with van der Waals surface area (Å²) in [5, 5.41) is 1.84. The molecule has 1 aromatic heterocycles. The molecule has 0 amide bonds. The van der Waals surface area contributed by atoms with Gasteiger partial charge in [0.25, 0.3) is 0 Å².